The van der Waals surface area contributed by atoms with E-state index in [1.54, 1.807) is 40.3 Å². The number of aromatic nitrogens is 3. The Kier molecular flexibility index (Phi) is 6.34. The number of nitrogens with zero attached hydrogens (tertiary/aromatic N) is 5. The Balaban J connectivity index is 1.37. The van der Waals surface area contributed by atoms with Gasteiger partial charge in [0.25, 0.3) is 17.4 Å². The van der Waals surface area contributed by atoms with Crippen molar-refractivity contribution in [1.29, 1.82) is 0 Å². The number of aryl methyl sites for hydroxylation is 2. The van der Waals surface area contributed by atoms with Gasteiger partial charge in [0, 0.05) is 44.5 Å². The molecule has 8 nitrogen and oxygen atoms in total. The number of fused-ring (bicyclic) bond motifs is 1. The smallest absolute Gasteiger partial charge is 0.283 e. The van der Waals surface area contributed by atoms with Crippen molar-refractivity contribution >= 4 is 23.0 Å². The van der Waals surface area contributed by atoms with Crippen molar-refractivity contribution in [1.82, 2.24) is 24.3 Å². The molecule has 3 heterocycles. The monoisotopic (exact) mass is 467 g/mol. The van der Waals surface area contributed by atoms with Crippen LogP contribution >= 0.6 is 0 Å². The summed E-state index contributed by atoms with van der Waals surface area (Å²) in [6, 6.07) is 22.5. The van der Waals surface area contributed by atoms with Gasteiger partial charge < -0.3 is 9.80 Å². The van der Waals surface area contributed by atoms with Gasteiger partial charge in [-0.1, -0.05) is 48.5 Å². The minimum atomic E-state index is -0.445. The average molecular weight is 468 g/mol. The van der Waals surface area contributed by atoms with Gasteiger partial charge in [0.2, 0.25) is 0 Å². The van der Waals surface area contributed by atoms with Crippen molar-refractivity contribution in [2.24, 2.45) is 0 Å². The lowest BCUT2D eigenvalue weighted by Crippen LogP contribution is -2.51. The van der Waals surface area contributed by atoms with Gasteiger partial charge >= 0.3 is 0 Å². The number of piperazine rings is 1. The van der Waals surface area contributed by atoms with Gasteiger partial charge in [0.15, 0.2) is 11.3 Å². The maximum atomic E-state index is 13.4. The largest absolute Gasteiger partial charge is 0.335 e. The maximum absolute atomic E-state index is 13.4. The zero-order valence-electron chi connectivity index (χ0n) is 19.2. The maximum Gasteiger partial charge on any atom is 0.283 e. The molecule has 1 aliphatic rings. The Hall–Kier alpha value is -4.33. The third kappa shape index (κ3) is 4.68. The second-order valence-corrected chi connectivity index (χ2v) is 8.45. The fourth-order valence-electron chi connectivity index (χ4n) is 4.33. The van der Waals surface area contributed by atoms with Gasteiger partial charge in [-0.3, -0.25) is 19.0 Å². The fraction of sp³-hybridized carbons (Fsp3) is 0.222. The van der Waals surface area contributed by atoms with Crippen LogP contribution in [0.4, 0.5) is 0 Å². The summed E-state index contributed by atoms with van der Waals surface area (Å²) in [6.45, 7) is 1.87. The summed E-state index contributed by atoms with van der Waals surface area (Å²) >= 11 is 0. The predicted octanol–water partition coefficient (Wildman–Crippen LogP) is 2.63. The van der Waals surface area contributed by atoms with E-state index in [2.05, 4.69) is 9.97 Å². The summed E-state index contributed by atoms with van der Waals surface area (Å²) < 4.78 is 1.54. The molecule has 1 fully saturated rings. The van der Waals surface area contributed by atoms with E-state index in [0.29, 0.717) is 55.9 Å². The molecule has 5 rings (SSSR count). The second-order valence-electron chi connectivity index (χ2n) is 8.45. The summed E-state index contributed by atoms with van der Waals surface area (Å²) in [5.74, 6) is -0.475. The van der Waals surface area contributed by atoms with Crippen LogP contribution in [0.1, 0.15) is 26.4 Å². The highest BCUT2D eigenvalue weighted by atomic mass is 16.2. The van der Waals surface area contributed by atoms with Crippen LogP contribution in [-0.2, 0) is 13.0 Å². The number of pyridine rings is 1. The van der Waals surface area contributed by atoms with E-state index in [0.717, 1.165) is 5.56 Å². The molecule has 0 atom stereocenters. The molecule has 1 saturated heterocycles. The van der Waals surface area contributed by atoms with E-state index < -0.39 is 11.5 Å². The number of carbonyl (C=O) groups excluding carboxylic acids is 2. The van der Waals surface area contributed by atoms with E-state index in [9.17, 15) is 14.4 Å². The lowest BCUT2D eigenvalue weighted by atomic mass is 10.1. The lowest BCUT2D eigenvalue weighted by molar-refractivity contribution is 0.0531. The number of hydrogen-bond donors (Lipinski definition) is 0. The van der Waals surface area contributed by atoms with Crippen LogP contribution in [0.15, 0.2) is 83.8 Å². The summed E-state index contributed by atoms with van der Waals surface area (Å²) in [4.78, 5) is 51.6. The van der Waals surface area contributed by atoms with Gasteiger partial charge in [-0.05, 0) is 36.2 Å². The molecule has 0 unspecified atom stereocenters. The van der Waals surface area contributed by atoms with Crippen LogP contribution in [0.2, 0.25) is 0 Å². The number of carbonyl (C=O) groups is 2. The lowest BCUT2D eigenvalue weighted by Gasteiger charge is -2.34. The third-order valence-electron chi connectivity index (χ3n) is 6.25. The van der Waals surface area contributed by atoms with Crippen LogP contribution in [0.25, 0.3) is 11.2 Å². The molecule has 176 valence electrons. The normalized spacial score (nSPS) is 13.7. The number of amides is 2. The van der Waals surface area contributed by atoms with Crippen molar-refractivity contribution in [3.05, 3.63) is 106 Å². The van der Waals surface area contributed by atoms with Crippen LogP contribution in [0.3, 0.4) is 0 Å². The van der Waals surface area contributed by atoms with E-state index in [-0.39, 0.29) is 11.6 Å². The third-order valence-corrected chi connectivity index (χ3v) is 6.25. The molecule has 8 heteroatoms. The molecule has 2 amide bonds. The van der Waals surface area contributed by atoms with Gasteiger partial charge in [-0.2, -0.15) is 0 Å². The highest BCUT2D eigenvalue weighted by molar-refractivity contribution is 5.95. The number of benzene rings is 2. The first-order valence-electron chi connectivity index (χ1n) is 11.6. The van der Waals surface area contributed by atoms with Crippen molar-refractivity contribution in [2.45, 2.75) is 13.0 Å². The topological polar surface area (TPSA) is 88.4 Å². The van der Waals surface area contributed by atoms with Crippen molar-refractivity contribution in [2.75, 3.05) is 26.2 Å². The first-order valence-corrected chi connectivity index (χ1v) is 11.6. The molecule has 0 spiro atoms. The molecule has 0 saturated carbocycles. The van der Waals surface area contributed by atoms with E-state index in [4.69, 9.17) is 0 Å². The van der Waals surface area contributed by atoms with Gasteiger partial charge in [-0.15, -0.1) is 0 Å². The van der Waals surface area contributed by atoms with E-state index in [1.165, 1.54) is 4.57 Å². The first kappa shape index (κ1) is 22.5. The Morgan fingerprint density at radius 2 is 1.40 bits per heavy atom. The molecule has 0 bridgehead atoms. The summed E-state index contributed by atoms with van der Waals surface area (Å²) in [5.41, 5.74) is 2.12. The Bertz CT molecular complexity index is 1410. The standard InChI is InChI=1S/C27H25N5O3/c33-25(21-10-5-2-6-11-21)30-16-18-31(19-17-30)26(34)23-27(35)32(15-13-20-8-3-1-4-9-20)24-22(29-23)12-7-14-28-24/h1-12,14H,13,15-19H2. The molecular weight excluding hydrogens is 442 g/mol. The van der Waals surface area contributed by atoms with Crippen molar-refractivity contribution in [3.63, 3.8) is 0 Å². The van der Waals surface area contributed by atoms with Crippen LogP contribution < -0.4 is 5.56 Å². The molecule has 4 aromatic rings. The molecule has 35 heavy (non-hydrogen) atoms. The van der Waals surface area contributed by atoms with Crippen LogP contribution in [0, 0.1) is 0 Å². The number of hydrogen-bond acceptors (Lipinski definition) is 5. The fourth-order valence-corrected chi connectivity index (χ4v) is 4.33. The van der Waals surface area contributed by atoms with Gasteiger partial charge in [0.1, 0.15) is 5.52 Å². The highest BCUT2D eigenvalue weighted by Crippen LogP contribution is 2.13. The Labute approximate surface area is 202 Å². The van der Waals surface area contributed by atoms with Gasteiger partial charge in [0.05, 0.1) is 0 Å². The highest BCUT2D eigenvalue weighted by Gasteiger charge is 2.28. The molecular formula is C27H25N5O3. The zero-order valence-corrected chi connectivity index (χ0v) is 19.2. The minimum Gasteiger partial charge on any atom is -0.335 e. The van der Waals surface area contributed by atoms with E-state index >= 15 is 0 Å². The second kappa shape index (κ2) is 9.89. The van der Waals surface area contributed by atoms with Crippen LogP contribution in [-0.4, -0.2) is 62.3 Å². The predicted molar refractivity (Wildman–Crippen MR) is 132 cm³/mol. The Morgan fingerprint density at radius 1 is 0.771 bits per heavy atom. The first-order chi connectivity index (χ1) is 17.1. The van der Waals surface area contributed by atoms with Crippen molar-refractivity contribution in [3.8, 4) is 0 Å². The SMILES string of the molecule is O=C(c1ccccc1)N1CCN(C(=O)c2nc3cccnc3n(CCc3ccccc3)c2=O)CC1. The zero-order chi connectivity index (χ0) is 24.2. The van der Waals surface area contributed by atoms with Crippen molar-refractivity contribution < 1.29 is 9.59 Å². The molecule has 2 aromatic heterocycles. The Morgan fingerprint density at radius 3 is 2.09 bits per heavy atom. The van der Waals surface area contributed by atoms with Crippen LogP contribution in [0.5, 0.6) is 0 Å². The summed E-state index contributed by atoms with van der Waals surface area (Å²) in [6.07, 6.45) is 2.25. The molecule has 0 radical (unpaired) electrons. The molecule has 0 aliphatic carbocycles. The molecule has 2 aromatic carbocycles. The summed E-state index contributed by atoms with van der Waals surface area (Å²) in [7, 11) is 0. The van der Waals surface area contributed by atoms with Gasteiger partial charge in [-0.25, -0.2) is 9.97 Å². The van der Waals surface area contributed by atoms with E-state index in [1.807, 2.05) is 48.5 Å². The minimum absolute atomic E-state index is 0.0594. The average Bonchev–Trinajstić information content (AvgIpc) is 2.92. The molecule has 1 aliphatic heterocycles. The number of rotatable bonds is 5. The quantitative estimate of drug-likeness (QED) is 0.450. The summed E-state index contributed by atoms with van der Waals surface area (Å²) in [5, 5.41) is 0. The molecule has 0 N–H and O–H groups in total.